The largest absolute Gasteiger partial charge is 0.465 e. The lowest BCUT2D eigenvalue weighted by Crippen LogP contribution is -2.31. The fraction of sp³-hybridized carbons (Fsp3) is 0.235. The standard InChI is InChI=1S/C17H19NO2/c1-14(9-10-15-6-3-2-4-7-15)18-17(19)12-11-16-8-5-13-20-16/h2-8,11-14H,9-10H2,1H3,(H,18,19)/b12-11+. The van der Waals surface area contributed by atoms with Crippen molar-refractivity contribution in [2.45, 2.75) is 25.8 Å². The highest BCUT2D eigenvalue weighted by atomic mass is 16.3. The van der Waals surface area contributed by atoms with Gasteiger partial charge < -0.3 is 9.73 Å². The molecule has 3 nitrogen and oxygen atoms in total. The Morgan fingerprint density at radius 2 is 2.05 bits per heavy atom. The lowest BCUT2D eigenvalue weighted by Gasteiger charge is -2.12. The fourth-order valence-electron chi connectivity index (χ4n) is 1.93. The van der Waals surface area contributed by atoms with E-state index < -0.39 is 0 Å². The van der Waals surface area contributed by atoms with Crippen LogP contribution in [-0.2, 0) is 11.2 Å². The summed E-state index contributed by atoms with van der Waals surface area (Å²) in [5.74, 6) is 0.582. The highest BCUT2D eigenvalue weighted by molar-refractivity contribution is 5.91. The van der Waals surface area contributed by atoms with Crippen molar-refractivity contribution in [3.8, 4) is 0 Å². The summed E-state index contributed by atoms with van der Waals surface area (Å²) in [5, 5.41) is 2.95. The summed E-state index contributed by atoms with van der Waals surface area (Å²) in [6, 6.07) is 14.0. The zero-order valence-electron chi connectivity index (χ0n) is 11.6. The summed E-state index contributed by atoms with van der Waals surface area (Å²) in [7, 11) is 0. The quantitative estimate of drug-likeness (QED) is 0.816. The summed E-state index contributed by atoms with van der Waals surface area (Å²) >= 11 is 0. The second-order valence-electron chi connectivity index (χ2n) is 4.78. The van der Waals surface area contributed by atoms with Crippen LogP contribution in [0.25, 0.3) is 6.08 Å². The first-order valence-corrected chi connectivity index (χ1v) is 6.80. The Kier molecular flexibility index (Phi) is 5.18. The van der Waals surface area contributed by atoms with Gasteiger partial charge in [0, 0.05) is 12.1 Å². The maximum atomic E-state index is 11.7. The maximum Gasteiger partial charge on any atom is 0.244 e. The first-order chi connectivity index (χ1) is 9.74. The SMILES string of the molecule is CC(CCc1ccccc1)NC(=O)/C=C/c1ccco1. The van der Waals surface area contributed by atoms with E-state index in [0.29, 0.717) is 5.76 Å². The van der Waals surface area contributed by atoms with E-state index in [1.54, 1.807) is 18.4 Å². The molecule has 0 spiro atoms. The first-order valence-electron chi connectivity index (χ1n) is 6.80. The molecule has 0 saturated carbocycles. The van der Waals surface area contributed by atoms with Crippen molar-refractivity contribution in [1.82, 2.24) is 5.32 Å². The number of hydrogen-bond acceptors (Lipinski definition) is 2. The van der Waals surface area contributed by atoms with Crippen LogP contribution in [0.2, 0.25) is 0 Å². The average molecular weight is 269 g/mol. The molecule has 0 bridgehead atoms. The second-order valence-corrected chi connectivity index (χ2v) is 4.78. The van der Waals surface area contributed by atoms with E-state index in [1.165, 1.54) is 11.6 Å². The molecule has 20 heavy (non-hydrogen) atoms. The molecule has 0 aliphatic rings. The molecule has 0 fully saturated rings. The lowest BCUT2D eigenvalue weighted by molar-refractivity contribution is -0.117. The molecule has 3 heteroatoms. The first kappa shape index (κ1) is 14.1. The molecule has 1 N–H and O–H groups in total. The van der Waals surface area contributed by atoms with E-state index in [1.807, 2.05) is 31.2 Å². The van der Waals surface area contributed by atoms with Crippen molar-refractivity contribution in [2.75, 3.05) is 0 Å². The molecule has 0 aliphatic carbocycles. The molecule has 0 radical (unpaired) electrons. The van der Waals surface area contributed by atoms with E-state index in [0.717, 1.165) is 12.8 Å². The van der Waals surface area contributed by atoms with Gasteiger partial charge in [0.05, 0.1) is 6.26 Å². The summed E-state index contributed by atoms with van der Waals surface area (Å²) < 4.78 is 5.13. The highest BCUT2D eigenvalue weighted by Gasteiger charge is 2.05. The summed E-state index contributed by atoms with van der Waals surface area (Å²) in [4.78, 5) is 11.7. The molecule has 1 heterocycles. The van der Waals surface area contributed by atoms with Gasteiger partial charge in [-0.2, -0.15) is 0 Å². The lowest BCUT2D eigenvalue weighted by atomic mass is 10.1. The third-order valence-electron chi connectivity index (χ3n) is 3.04. The van der Waals surface area contributed by atoms with Crippen molar-refractivity contribution in [1.29, 1.82) is 0 Å². The molecular formula is C17H19NO2. The monoisotopic (exact) mass is 269 g/mol. The predicted molar refractivity (Wildman–Crippen MR) is 80.1 cm³/mol. The van der Waals surface area contributed by atoms with Crippen LogP contribution in [0.5, 0.6) is 0 Å². The summed E-state index contributed by atoms with van der Waals surface area (Å²) in [6.07, 6.45) is 6.63. The van der Waals surface area contributed by atoms with Gasteiger partial charge in [-0.15, -0.1) is 0 Å². The minimum Gasteiger partial charge on any atom is -0.465 e. The Bertz CT molecular complexity index is 544. The number of amides is 1. The van der Waals surface area contributed by atoms with Gasteiger partial charge in [-0.1, -0.05) is 30.3 Å². The second kappa shape index (κ2) is 7.34. The van der Waals surface area contributed by atoms with Gasteiger partial charge in [-0.3, -0.25) is 4.79 Å². The summed E-state index contributed by atoms with van der Waals surface area (Å²) in [5.41, 5.74) is 1.29. The van der Waals surface area contributed by atoms with E-state index >= 15 is 0 Å². The van der Waals surface area contributed by atoms with Crippen molar-refractivity contribution in [3.05, 3.63) is 66.1 Å². The number of benzene rings is 1. The third-order valence-corrected chi connectivity index (χ3v) is 3.04. The highest BCUT2D eigenvalue weighted by Crippen LogP contribution is 2.05. The minimum absolute atomic E-state index is 0.0954. The van der Waals surface area contributed by atoms with Crippen molar-refractivity contribution >= 4 is 12.0 Å². The Hall–Kier alpha value is -2.29. The maximum absolute atomic E-state index is 11.7. The van der Waals surface area contributed by atoms with Crippen molar-refractivity contribution in [2.24, 2.45) is 0 Å². The van der Waals surface area contributed by atoms with E-state index in [9.17, 15) is 4.79 Å². The minimum atomic E-state index is -0.0954. The molecule has 1 aromatic carbocycles. The number of carbonyl (C=O) groups excluding carboxylic acids is 1. The molecule has 1 unspecified atom stereocenters. The zero-order chi connectivity index (χ0) is 14.2. The molecule has 2 aromatic rings. The Labute approximate surface area is 119 Å². The Balaban J connectivity index is 1.74. The van der Waals surface area contributed by atoms with Gasteiger partial charge >= 0.3 is 0 Å². The number of aryl methyl sites for hydroxylation is 1. The van der Waals surface area contributed by atoms with Crippen LogP contribution in [0.3, 0.4) is 0 Å². The molecule has 2 rings (SSSR count). The zero-order valence-corrected chi connectivity index (χ0v) is 11.6. The van der Waals surface area contributed by atoms with E-state index in [2.05, 4.69) is 17.4 Å². The van der Waals surface area contributed by atoms with Gasteiger partial charge in [-0.05, 0) is 43.5 Å². The average Bonchev–Trinajstić information content (AvgIpc) is 2.97. The molecule has 1 atom stereocenters. The topological polar surface area (TPSA) is 42.2 Å². The number of hydrogen-bond donors (Lipinski definition) is 1. The van der Waals surface area contributed by atoms with Gasteiger partial charge in [0.25, 0.3) is 0 Å². The number of rotatable bonds is 6. The van der Waals surface area contributed by atoms with Gasteiger partial charge in [0.1, 0.15) is 5.76 Å². The van der Waals surface area contributed by atoms with Crippen LogP contribution < -0.4 is 5.32 Å². The molecule has 1 aromatic heterocycles. The smallest absolute Gasteiger partial charge is 0.244 e. The normalized spacial score (nSPS) is 12.4. The van der Waals surface area contributed by atoms with Crippen molar-refractivity contribution in [3.63, 3.8) is 0 Å². The van der Waals surface area contributed by atoms with Crippen LogP contribution in [0, 0.1) is 0 Å². The van der Waals surface area contributed by atoms with Crippen LogP contribution in [-0.4, -0.2) is 11.9 Å². The number of furan rings is 1. The summed E-state index contributed by atoms with van der Waals surface area (Å²) in [6.45, 7) is 2.02. The van der Waals surface area contributed by atoms with E-state index in [-0.39, 0.29) is 11.9 Å². The van der Waals surface area contributed by atoms with Crippen LogP contribution in [0.4, 0.5) is 0 Å². The predicted octanol–water partition coefficient (Wildman–Crippen LogP) is 3.43. The van der Waals surface area contributed by atoms with Gasteiger partial charge in [-0.25, -0.2) is 0 Å². The van der Waals surface area contributed by atoms with Crippen LogP contribution >= 0.6 is 0 Å². The number of nitrogens with one attached hydrogen (secondary N) is 1. The molecule has 0 aliphatic heterocycles. The molecule has 1 amide bonds. The van der Waals surface area contributed by atoms with Gasteiger partial charge in [0.15, 0.2) is 0 Å². The number of carbonyl (C=O) groups is 1. The molecule has 104 valence electrons. The molecule has 0 saturated heterocycles. The van der Waals surface area contributed by atoms with Crippen LogP contribution in [0.15, 0.2) is 59.2 Å². The van der Waals surface area contributed by atoms with Crippen LogP contribution in [0.1, 0.15) is 24.7 Å². The molecular weight excluding hydrogens is 250 g/mol. The van der Waals surface area contributed by atoms with E-state index in [4.69, 9.17) is 4.42 Å². The Morgan fingerprint density at radius 1 is 1.25 bits per heavy atom. The van der Waals surface area contributed by atoms with Gasteiger partial charge in [0.2, 0.25) is 5.91 Å². The van der Waals surface area contributed by atoms with Crippen molar-refractivity contribution < 1.29 is 9.21 Å². The third kappa shape index (κ3) is 4.76. The Morgan fingerprint density at radius 3 is 2.75 bits per heavy atom. The fourth-order valence-corrected chi connectivity index (χ4v) is 1.93.